The third-order valence-electron chi connectivity index (χ3n) is 5.99. The molecule has 180 valence electrons. The molecule has 0 aliphatic rings. The fourth-order valence-corrected chi connectivity index (χ4v) is 4.87. The Morgan fingerprint density at radius 3 is 1.94 bits per heavy atom. The average molecular weight is 466 g/mol. The molecule has 0 amide bonds. The third-order valence-corrected chi connectivity index (χ3v) is 7.09. The zero-order valence-electron chi connectivity index (χ0n) is 20.6. The van der Waals surface area contributed by atoms with Crippen LogP contribution in [0.4, 0.5) is 5.69 Å². The van der Waals surface area contributed by atoms with E-state index in [2.05, 4.69) is 19.1 Å². The van der Waals surface area contributed by atoms with Crippen LogP contribution in [0.1, 0.15) is 106 Å². The third kappa shape index (κ3) is 12.7. The molecule has 2 rings (SSSR count). The topological polar surface area (TPSA) is 43.1 Å². The predicted octanol–water partition coefficient (Wildman–Crippen LogP) is 9.35. The minimum atomic E-state index is 0.0190. The van der Waals surface area contributed by atoms with Gasteiger partial charge in [0.25, 0.3) is 0 Å². The van der Waals surface area contributed by atoms with Crippen LogP contribution in [0.5, 0.6) is 0 Å². The van der Waals surface area contributed by atoms with Crippen LogP contribution in [-0.4, -0.2) is 11.5 Å². The second-order valence-electron chi connectivity index (χ2n) is 8.98. The molecule has 0 aliphatic heterocycles. The van der Waals surface area contributed by atoms with E-state index >= 15 is 0 Å². The monoisotopic (exact) mass is 465 g/mol. The maximum absolute atomic E-state index is 12.4. The van der Waals surface area contributed by atoms with Gasteiger partial charge < -0.3 is 5.73 Å². The van der Waals surface area contributed by atoms with Gasteiger partial charge >= 0.3 is 0 Å². The number of thioether (sulfide) groups is 1. The quantitative estimate of drug-likeness (QED) is 0.0784. The van der Waals surface area contributed by atoms with Gasteiger partial charge in [-0.05, 0) is 60.2 Å². The highest BCUT2D eigenvalue weighted by molar-refractivity contribution is 7.99. The van der Waals surface area contributed by atoms with E-state index in [4.69, 9.17) is 5.73 Å². The number of carbonyl (C=O) groups is 1. The van der Waals surface area contributed by atoms with E-state index in [1.165, 1.54) is 88.4 Å². The molecule has 0 atom stereocenters. The van der Waals surface area contributed by atoms with E-state index in [-0.39, 0.29) is 5.78 Å². The zero-order chi connectivity index (χ0) is 23.6. The normalized spacial score (nSPS) is 11.3. The number of benzene rings is 2. The first kappa shape index (κ1) is 27.2. The van der Waals surface area contributed by atoms with Crippen LogP contribution < -0.4 is 5.73 Å². The lowest BCUT2D eigenvalue weighted by molar-refractivity contribution is 0.104. The molecule has 0 aromatic heterocycles. The minimum absolute atomic E-state index is 0.0190. The fourth-order valence-electron chi connectivity index (χ4n) is 3.96. The largest absolute Gasteiger partial charge is 0.399 e. The molecule has 0 radical (unpaired) electrons. The van der Waals surface area contributed by atoms with Crippen molar-refractivity contribution in [3.05, 3.63) is 65.7 Å². The summed E-state index contributed by atoms with van der Waals surface area (Å²) in [7, 11) is 0. The standard InChI is InChI=1S/C30H43NOS/c1-2-3-4-5-6-7-8-9-10-11-12-13-14-24-33-29-21-19-27(20-22-29)30(32)23-18-26-16-15-17-28(31)25-26/h15-23,25H,2-14,24,31H2,1H3/b23-18+. The van der Waals surface area contributed by atoms with E-state index < -0.39 is 0 Å². The molecular weight excluding hydrogens is 422 g/mol. The Morgan fingerprint density at radius 2 is 1.36 bits per heavy atom. The molecule has 0 aliphatic carbocycles. The summed E-state index contributed by atoms with van der Waals surface area (Å²) in [5.74, 6) is 1.17. The number of ketones is 1. The van der Waals surface area contributed by atoms with Crippen molar-refractivity contribution >= 4 is 29.3 Å². The lowest BCUT2D eigenvalue weighted by atomic mass is 10.1. The number of carbonyl (C=O) groups excluding carboxylic acids is 1. The number of nitrogens with two attached hydrogens (primary N) is 1. The first-order valence-corrected chi connectivity index (χ1v) is 14.0. The highest BCUT2D eigenvalue weighted by Crippen LogP contribution is 2.21. The Morgan fingerprint density at radius 1 is 0.788 bits per heavy atom. The first-order chi connectivity index (χ1) is 16.2. The van der Waals surface area contributed by atoms with Gasteiger partial charge in [0.05, 0.1) is 0 Å². The lowest BCUT2D eigenvalue weighted by Crippen LogP contribution is -1.94. The number of hydrogen-bond donors (Lipinski definition) is 1. The SMILES string of the molecule is CCCCCCCCCCCCCCCSc1ccc(C(=O)/C=C/c2cccc(N)c2)cc1. The fraction of sp³-hybridized carbons (Fsp3) is 0.500. The highest BCUT2D eigenvalue weighted by atomic mass is 32.2. The summed E-state index contributed by atoms with van der Waals surface area (Å²) in [6, 6.07) is 15.5. The van der Waals surface area contributed by atoms with Gasteiger partial charge in [-0.2, -0.15) is 0 Å². The van der Waals surface area contributed by atoms with Crippen molar-refractivity contribution in [3.63, 3.8) is 0 Å². The summed E-state index contributed by atoms with van der Waals surface area (Å²) in [6.45, 7) is 2.28. The van der Waals surface area contributed by atoms with Crippen LogP contribution in [-0.2, 0) is 0 Å². The summed E-state index contributed by atoms with van der Waals surface area (Å²) < 4.78 is 0. The predicted molar refractivity (Wildman–Crippen MR) is 147 cm³/mol. The molecule has 2 nitrogen and oxygen atoms in total. The smallest absolute Gasteiger partial charge is 0.185 e. The number of rotatable bonds is 18. The van der Waals surface area contributed by atoms with Gasteiger partial charge in [0.15, 0.2) is 5.78 Å². The molecule has 0 unspecified atom stereocenters. The van der Waals surface area contributed by atoms with E-state index in [0.29, 0.717) is 5.69 Å². The molecule has 0 saturated heterocycles. The first-order valence-electron chi connectivity index (χ1n) is 13.0. The van der Waals surface area contributed by atoms with Gasteiger partial charge in [0.2, 0.25) is 0 Å². The molecule has 33 heavy (non-hydrogen) atoms. The number of allylic oxidation sites excluding steroid dienone is 1. The summed E-state index contributed by atoms with van der Waals surface area (Å²) in [4.78, 5) is 13.6. The van der Waals surface area contributed by atoms with Crippen molar-refractivity contribution in [2.45, 2.75) is 95.3 Å². The van der Waals surface area contributed by atoms with Crippen molar-refractivity contribution < 1.29 is 4.79 Å². The number of nitrogen functional groups attached to an aromatic ring is 1. The summed E-state index contributed by atoms with van der Waals surface area (Å²) in [5, 5.41) is 0. The molecule has 0 fully saturated rings. The Kier molecular flexibility index (Phi) is 14.4. The van der Waals surface area contributed by atoms with Crippen molar-refractivity contribution in [3.8, 4) is 0 Å². The van der Waals surface area contributed by atoms with Crippen LogP contribution in [0.25, 0.3) is 6.08 Å². The van der Waals surface area contributed by atoms with E-state index in [1.54, 1.807) is 6.08 Å². The maximum Gasteiger partial charge on any atom is 0.185 e. The highest BCUT2D eigenvalue weighted by Gasteiger charge is 2.03. The van der Waals surface area contributed by atoms with Gasteiger partial charge in [0.1, 0.15) is 0 Å². The van der Waals surface area contributed by atoms with E-state index in [1.807, 2.05) is 54.2 Å². The Balaban J connectivity index is 1.50. The second kappa shape index (κ2) is 17.5. The zero-order valence-corrected chi connectivity index (χ0v) is 21.4. The van der Waals surface area contributed by atoms with Crippen LogP contribution >= 0.6 is 11.8 Å². The number of anilines is 1. The maximum atomic E-state index is 12.4. The Hall–Kier alpha value is -2.00. The van der Waals surface area contributed by atoms with Crippen molar-refractivity contribution in [2.24, 2.45) is 0 Å². The summed E-state index contributed by atoms with van der Waals surface area (Å²) in [6.07, 6.45) is 21.5. The number of unbranched alkanes of at least 4 members (excludes halogenated alkanes) is 12. The molecule has 0 spiro atoms. The molecule has 2 aromatic rings. The molecule has 3 heteroatoms. The van der Waals surface area contributed by atoms with Gasteiger partial charge in [-0.1, -0.05) is 102 Å². The lowest BCUT2D eigenvalue weighted by Gasteiger charge is -2.04. The number of hydrogen-bond acceptors (Lipinski definition) is 3. The molecule has 0 saturated carbocycles. The summed E-state index contributed by atoms with van der Waals surface area (Å²) in [5.41, 5.74) is 8.15. The van der Waals surface area contributed by atoms with E-state index in [9.17, 15) is 4.79 Å². The summed E-state index contributed by atoms with van der Waals surface area (Å²) >= 11 is 1.89. The molecule has 0 bridgehead atoms. The van der Waals surface area contributed by atoms with Crippen molar-refractivity contribution in [1.29, 1.82) is 0 Å². The van der Waals surface area contributed by atoms with Gasteiger partial charge in [0, 0.05) is 16.1 Å². The van der Waals surface area contributed by atoms with Gasteiger partial charge in [-0.3, -0.25) is 4.79 Å². The molecule has 0 heterocycles. The van der Waals surface area contributed by atoms with Crippen LogP contribution in [0.2, 0.25) is 0 Å². The Labute approximate surface area is 206 Å². The average Bonchev–Trinajstić information content (AvgIpc) is 2.83. The molecule has 2 aromatic carbocycles. The Bertz CT molecular complexity index is 812. The minimum Gasteiger partial charge on any atom is -0.399 e. The molecule has 2 N–H and O–H groups in total. The van der Waals surface area contributed by atoms with Gasteiger partial charge in [-0.15, -0.1) is 11.8 Å². The van der Waals surface area contributed by atoms with Crippen LogP contribution in [0.15, 0.2) is 59.5 Å². The van der Waals surface area contributed by atoms with E-state index in [0.717, 1.165) is 16.9 Å². The van der Waals surface area contributed by atoms with Crippen LogP contribution in [0.3, 0.4) is 0 Å². The van der Waals surface area contributed by atoms with Crippen molar-refractivity contribution in [2.75, 3.05) is 11.5 Å². The molecular formula is C30H43NOS. The second-order valence-corrected chi connectivity index (χ2v) is 10.2. The van der Waals surface area contributed by atoms with Gasteiger partial charge in [-0.25, -0.2) is 0 Å². The van der Waals surface area contributed by atoms with Crippen molar-refractivity contribution in [1.82, 2.24) is 0 Å². The van der Waals surface area contributed by atoms with Crippen LogP contribution in [0, 0.1) is 0 Å².